The number of nitrogens with zero attached hydrogens (tertiary/aromatic N) is 2. The van der Waals surface area contributed by atoms with E-state index in [0.717, 1.165) is 27.8 Å². The van der Waals surface area contributed by atoms with Gasteiger partial charge < -0.3 is 10.0 Å². The van der Waals surface area contributed by atoms with Crippen LogP contribution < -0.4 is 0 Å². The Balaban J connectivity index is 2.07. The van der Waals surface area contributed by atoms with Crippen molar-refractivity contribution in [3.8, 4) is 0 Å². The van der Waals surface area contributed by atoms with Crippen molar-refractivity contribution in [3.63, 3.8) is 0 Å². The van der Waals surface area contributed by atoms with Crippen LogP contribution >= 0.6 is 0 Å². The monoisotopic (exact) mass is 346 g/mol. The fraction of sp³-hybridized carbons (Fsp3) is 0.600. The van der Waals surface area contributed by atoms with Crippen molar-refractivity contribution in [3.05, 3.63) is 33.9 Å². The third-order valence-electron chi connectivity index (χ3n) is 5.13. The zero-order valence-corrected chi connectivity index (χ0v) is 16.1. The Morgan fingerprint density at radius 3 is 2.36 bits per heavy atom. The second-order valence-corrected chi connectivity index (χ2v) is 7.33. The molecule has 1 aromatic carbocycles. The van der Waals surface area contributed by atoms with E-state index in [2.05, 4.69) is 13.0 Å². The molecule has 0 radical (unpaired) electrons. The lowest BCUT2D eigenvalue weighted by molar-refractivity contribution is -0.134. The van der Waals surface area contributed by atoms with Gasteiger partial charge in [-0.1, -0.05) is 6.07 Å². The van der Waals surface area contributed by atoms with Gasteiger partial charge in [0, 0.05) is 25.2 Å². The van der Waals surface area contributed by atoms with E-state index in [1.165, 1.54) is 0 Å². The number of amides is 1. The number of hydrogen-bond acceptors (Lipinski definition) is 4. The summed E-state index contributed by atoms with van der Waals surface area (Å²) in [6, 6.07) is 2.06. The number of rotatable bonds is 5. The SMILES string of the molecule is CC(=O)c1c(C)cc(C)c(CN(C)CC(=O)N2CCC(O)CC2)c1C. The molecule has 1 amide bonds. The summed E-state index contributed by atoms with van der Waals surface area (Å²) in [5.41, 5.74) is 5.10. The number of likely N-dealkylation sites (N-methyl/N-ethyl adjacent to an activating group) is 1. The Kier molecular flexibility index (Phi) is 6.36. The van der Waals surface area contributed by atoms with Gasteiger partial charge >= 0.3 is 0 Å². The molecule has 1 saturated heterocycles. The van der Waals surface area contributed by atoms with Gasteiger partial charge in [0.25, 0.3) is 0 Å². The number of ketones is 1. The molecule has 0 aromatic heterocycles. The van der Waals surface area contributed by atoms with E-state index in [1.54, 1.807) is 6.92 Å². The summed E-state index contributed by atoms with van der Waals surface area (Å²) in [4.78, 5) is 28.2. The third-order valence-corrected chi connectivity index (χ3v) is 5.13. The van der Waals surface area contributed by atoms with E-state index in [-0.39, 0.29) is 17.8 Å². The Morgan fingerprint density at radius 2 is 1.80 bits per heavy atom. The maximum atomic E-state index is 12.5. The summed E-state index contributed by atoms with van der Waals surface area (Å²) in [7, 11) is 1.93. The lowest BCUT2D eigenvalue weighted by Crippen LogP contribution is -2.44. The summed E-state index contributed by atoms with van der Waals surface area (Å²) >= 11 is 0. The van der Waals surface area contributed by atoms with E-state index in [4.69, 9.17) is 0 Å². The van der Waals surface area contributed by atoms with E-state index >= 15 is 0 Å². The lowest BCUT2D eigenvalue weighted by atomic mass is 9.91. The minimum absolute atomic E-state index is 0.0850. The van der Waals surface area contributed by atoms with Gasteiger partial charge in [0.2, 0.25) is 5.91 Å². The number of benzene rings is 1. The first kappa shape index (κ1) is 19.6. The van der Waals surface area contributed by atoms with Crippen molar-refractivity contribution in [2.24, 2.45) is 0 Å². The molecule has 1 aliphatic heterocycles. The molecular formula is C20H30N2O3. The van der Waals surface area contributed by atoms with Crippen molar-refractivity contribution in [2.75, 3.05) is 26.7 Å². The first-order valence-corrected chi connectivity index (χ1v) is 8.95. The Bertz CT molecular complexity index is 661. The number of likely N-dealkylation sites (tertiary alicyclic amines) is 1. The van der Waals surface area contributed by atoms with Gasteiger partial charge in [0.15, 0.2) is 5.78 Å². The molecule has 2 rings (SSSR count). The van der Waals surface area contributed by atoms with Crippen LogP contribution in [0.15, 0.2) is 6.07 Å². The maximum absolute atomic E-state index is 12.5. The van der Waals surface area contributed by atoms with Crippen LogP contribution in [-0.2, 0) is 11.3 Å². The molecule has 1 aliphatic rings. The highest BCUT2D eigenvalue weighted by molar-refractivity contribution is 5.97. The number of carbonyl (C=O) groups excluding carboxylic acids is 2. The molecule has 0 aliphatic carbocycles. The summed E-state index contributed by atoms with van der Waals surface area (Å²) in [5.74, 6) is 0.186. The molecule has 0 bridgehead atoms. The molecule has 5 nitrogen and oxygen atoms in total. The predicted molar refractivity (Wildman–Crippen MR) is 98.8 cm³/mol. The summed E-state index contributed by atoms with van der Waals surface area (Å²) in [5, 5.41) is 9.56. The maximum Gasteiger partial charge on any atom is 0.236 e. The van der Waals surface area contributed by atoms with Gasteiger partial charge in [-0.2, -0.15) is 0 Å². The van der Waals surface area contributed by atoms with Crippen LogP contribution in [0.25, 0.3) is 0 Å². The number of Topliss-reactive ketones (excluding diaryl/α,β-unsaturated/α-hetero) is 1. The van der Waals surface area contributed by atoms with Crippen LogP contribution in [0.2, 0.25) is 0 Å². The molecule has 5 heteroatoms. The minimum atomic E-state index is -0.273. The molecule has 25 heavy (non-hydrogen) atoms. The Labute approximate surface area is 150 Å². The Morgan fingerprint density at radius 1 is 1.20 bits per heavy atom. The first-order chi connectivity index (χ1) is 11.7. The number of aryl methyl sites for hydroxylation is 2. The van der Waals surface area contributed by atoms with Crippen LogP contribution in [-0.4, -0.2) is 59.4 Å². The lowest BCUT2D eigenvalue weighted by Gasteiger charge is -2.31. The molecular weight excluding hydrogens is 316 g/mol. The summed E-state index contributed by atoms with van der Waals surface area (Å²) in [6.45, 7) is 9.87. The van der Waals surface area contributed by atoms with Crippen LogP contribution in [0.4, 0.5) is 0 Å². The zero-order valence-electron chi connectivity index (χ0n) is 16.1. The number of carbonyl (C=O) groups is 2. The normalized spacial score (nSPS) is 15.7. The molecule has 0 unspecified atom stereocenters. The van der Waals surface area contributed by atoms with E-state index in [9.17, 15) is 14.7 Å². The van der Waals surface area contributed by atoms with E-state index in [0.29, 0.717) is 39.0 Å². The average Bonchev–Trinajstić information content (AvgIpc) is 2.51. The van der Waals surface area contributed by atoms with E-state index in [1.807, 2.05) is 30.7 Å². The topological polar surface area (TPSA) is 60.9 Å². The molecule has 0 atom stereocenters. The van der Waals surface area contributed by atoms with Crippen molar-refractivity contribution in [2.45, 2.75) is 53.2 Å². The van der Waals surface area contributed by atoms with Gasteiger partial charge in [-0.05, 0) is 69.8 Å². The van der Waals surface area contributed by atoms with Crippen molar-refractivity contribution in [1.29, 1.82) is 0 Å². The molecule has 1 fully saturated rings. The molecule has 138 valence electrons. The largest absolute Gasteiger partial charge is 0.393 e. The second-order valence-electron chi connectivity index (χ2n) is 7.33. The number of hydrogen-bond donors (Lipinski definition) is 1. The molecule has 0 saturated carbocycles. The quantitative estimate of drug-likeness (QED) is 0.831. The Hall–Kier alpha value is -1.72. The summed E-state index contributed by atoms with van der Waals surface area (Å²) < 4.78 is 0. The first-order valence-electron chi connectivity index (χ1n) is 8.95. The third kappa shape index (κ3) is 4.67. The fourth-order valence-corrected chi connectivity index (χ4v) is 3.78. The average molecular weight is 346 g/mol. The van der Waals surface area contributed by atoms with Crippen molar-refractivity contribution >= 4 is 11.7 Å². The highest BCUT2D eigenvalue weighted by Crippen LogP contribution is 2.24. The molecule has 1 heterocycles. The number of aliphatic hydroxyl groups is 1. The van der Waals surface area contributed by atoms with Crippen molar-refractivity contribution < 1.29 is 14.7 Å². The van der Waals surface area contributed by atoms with Gasteiger partial charge in [-0.3, -0.25) is 14.5 Å². The van der Waals surface area contributed by atoms with Crippen LogP contribution in [0, 0.1) is 20.8 Å². The van der Waals surface area contributed by atoms with E-state index < -0.39 is 0 Å². The van der Waals surface area contributed by atoms with Gasteiger partial charge in [0.1, 0.15) is 0 Å². The fourth-order valence-electron chi connectivity index (χ4n) is 3.78. The standard InChI is InChI=1S/C20H30N2O3/c1-13-10-14(2)20(16(4)23)15(3)18(13)11-21(5)12-19(25)22-8-6-17(24)7-9-22/h10,17,24H,6-9,11-12H2,1-5H3. The second kappa shape index (κ2) is 8.11. The number of aliphatic hydroxyl groups excluding tert-OH is 1. The highest BCUT2D eigenvalue weighted by Gasteiger charge is 2.22. The van der Waals surface area contributed by atoms with Crippen LogP contribution in [0.5, 0.6) is 0 Å². The van der Waals surface area contributed by atoms with Gasteiger partial charge in [-0.25, -0.2) is 0 Å². The summed E-state index contributed by atoms with van der Waals surface area (Å²) in [6.07, 6.45) is 1.05. The highest BCUT2D eigenvalue weighted by atomic mass is 16.3. The molecule has 0 spiro atoms. The predicted octanol–water partition coefficient (Wildman–Crippen LogP) is 2.23. The minimum Gasteiger partial charge on any atom is -0.393 e. The van der Waals surface area contributed by atoms with Crippen LogP contribution in [0.1, 0.15) is 52.4 Å². The number of piperidine rings is 1. The zero-order chi connectivity index (χ0) is 18.7. The van der Waals surface area contributed by atoms with Crippen molar-refractivity contribution in [1.82, 2.24) is 9.80 Å². The smallest absolute Gasteiger partial charge is 0.236 e. The van der Waals surface area contributed by atoms with Crippen LogP contribution in [0.3, 0.4) is 0 Å². The molecule has 1 aromatic rings. The van der Waals surface area contributed by atoms with Gasteiger partial charge in [0.05, 0.1) is 12.6 Å². The van der Waals surface area contributed by atoms with Gasteiger partial charge in [-0.15, -0.1) is 0 Å². The molecule has 1 N–H and O–H groups in total.